The van der Waals surface area contributed by atoms with E-state index in [0.29, 0.717) is 17.1 Å². The Labute approximate surface area is 190 Å². The van der Waals surface area contributed by atoms with E-state index in [9.17, 15) is 9.59 Å². The quantitative estimate of drug-likeness (QED) is 0.578. The maximum atomic E-state index is 12.8. The number of aryl methyl sites for hydroxylation is 1. The van der Waals surface area contributed by atoms with Crippen LogP contribution in [0.2, 0.25) is 0 Å². The first-order chi connectivity index (χ1) is 15.6. The maximum absolute atomic E-state index is 12.8. The molecule has 1 amide bonds. The average molecular weight is 454 g/mol. The second-order valence-corrected chi connectivity index (χ2v) is 9.63. The molecule has 3 aromatic rings. The molecule has 3 heterocycles. The van der Waals surface area contributed by atoms with E-state index in [-0.39, 0.29) is 17.8 Å². The lowest BCUT2D eigenvalue weighted by Gasteiger charge is -2.29. The molecule has 32 heavy (non-hydrogen) atoms. The number of nitrogens with zero attached hydrogens (tertiary/aromatic N) is 2. The summed E-state index contributed by atoms with van der Waals surface area (Å²) in [4.78, 5) is 33.2. The van der Waals surface area contributed by atoms with Gasteiger partial charge < -0.3 is 14.5 Å². The van der Waals surface area contributed by atoms with Crippen LogP contribution >= 0.6 is 11.3 Å². The fourth-order valence-corrected chi connectivity index (χ4v) is 6.04. The number of aromatic nitrogens is 1. The molecule has 1 aromatic carbocycles. The number of carbonyl (C=O) groups excluding carboxylic acids is 2. The minimum Gasteiger partial charge on any atom is -0.465 e. The van der Waals surface area contributed by atoms with Crippen molar-refractivity contribution in [1.29, 1.82) is 0 Å². The summed E-state index contributed by atoms with van der Waals surface area (Å²) < 4.78 is 10.9. The van der Waals surface area contributed by atoms with Gasteiger partial charge in [0.25, 0.3) is 0 Å². The van der Waals surface area contributed by atoms with Gasteiger partial charge in [0.2, 0.25) is 5.91 Å². The van der Waals surface area contributed by atoms with Gasteiger partial charge in [0.15, 0.2) is 11.5 Å². The lowest BCUT2D eigenvalue weighted by atomic mass is 9.95. The number of hydrogen-bond acceptors (Lipinski definition) is 7. The standard InChI is InChI=1S/C24H27N3O4S/c1-30-24(29)21-16-6-2-5-9-19(16)32-23(21)26-20(28)14-27-12-10-15(11-13-27)22-25-17-7-3-4-8-18(17)31-22/h3-4,7-8,15H,2,5-6,9-14H2,1H3,(H,26,28). The smallest absolute Gasteiger partial charge is 0.341 e. The second kappa shape index (κ2) is 9.03. The molecular formula is C24H27N3O4S. The third-order valence-corrected chi connectivity index (χ3v) is 7.64. The molecule has 0 radical (unpaired) electrons. The fraction of sp³-hybridized carbons (Fsp3) is 0.458. The second-order valence-electron chi connectivity index (χ2n) is 8.53. The highest BCUT2D eigenvalue weighted by Crippen LogP contribution is 2.38. The van der Waals surface area contributed by atoms with Crippen molar-refractivity contribution in [2.24, 2.45) is 0 Å². The molecule has 168 valence electrons. The Hall–Kier alpha value is -2.71. The molecule has 1 aliphatic heterocycles. The van der Waals surface area contributed by atoms with E-state index in [1.54, 1.807) is 0 Å². The van der Waals surface area contributed by atoms with Gasteiger partial charge in [-0.05, 0) is 69.3 Å². The molecule has 2 aliphatic rings. The van der Waals surface area contributed by atoms with Crippen LogP contribution in [0, 0.1) is 0 Å². The Bertz CT molecular complexity index is 1110. The van der Waals surface area contributed by atoms with E-state index in [2.05, 4.69) is 15.2 Å². The van der Waals surface area contributed by atoms with Crippen LogP contribution in [0.3, 0.4) is 0 Å². The minimum atomic E-state index is -0.362. The molecule has 1 saturated heterocycles. The Morgan fingerprint density at radius 2 is 2.00 bits per heavy atom. The third kappa shape index (κ3) is 4.17. The number of anilines is 1. The summed E-state index contributed by atoms with van der Waals surface area (Å²) >= 11 is 1.52. The van der Waals surface area contributed by atoms with Gasteiger partial charge in [-0.15, -0.1) is 11.3 Å². The lowest BCUT2D eigenvalue weighted by molar-refractivity contribution is -0.117. The van der Waals surface area contributed by atoms with Gasteiger partial charge in [0, 0.05) is 10.8 Å². The van der Waals surface area contributed by atoms with Crippen LogP contribution in [0.5, 0.6) is 0 Å². The predicted molar refractivity (Wildman–Crippen MR) is 123 cm³/mol. The van der Waals surface area contributed by atoms with Crippen molar-refractivity contribution in [2.45, 2.75) is 44.4 Å². The third-order valence-electron chi connectivity index (χ3n) is 6.43. The van der Waals surface area contributed by atoms with Crippen LogP contribution in [-0.2, 0) is 22.4 Å². The molecule has 0 spiro atoms. The summed E-state index contributed by atoms with van der Waals surface area (Å²) in [6.45, 7) is 1.92. The minimum absolute atomic E-state index is 0.0888. The first-order valence-electron chi connectivity index (χ1n) is 11.2. The first kappa shape index (κ1) is 21.2. The number of benzene rings is 1. The van der Waals surface area contributed by atoms with Crippen LogP contribution in [-0.4, -0.2) is 48.5 Å². The predicted octanol–water partition coefficient (Wildman–Crippen LogP) is 4.37. The molecule has 2 aromatic heterocycles. The number of amides is 1. The average Bonchev–Trinajstić information content (AvgIpc) is 3.40. The molecule has 0 unspecified atom stereocenters. The zero-order valence-electron chi connectivity index (χ0n) is 18.2. The van der Waals surface area contributed by atoms with Crippen molar-refractivity contribution < 1.29 is 18.7 Å². The summed E-state index contributed by atoms with van der Waals surface area (Å²) in [5, 5.41) is 3.63. The number of hydrogen-bond donors (Lipinski definition) is 1. The van der Waals surface area contributed by atoms with Gasteiger partial charge in [-0.3, -0.25) is 9.69 Å². The highest BCUT2D eigenvalue weighted by atomic mass is 32.1. The van der Waals surface area contributed by atoms with Gasteiger partial charge in [0.05, 0.1) is 19.2 Å². The number of nitrogens with one attached hydrogen (secondary N) is 1. The van der Waals surface area contributed by atoms with Gasteiger partial charge in [-0.25, -0.2) is 9.78 Å². The molecule has 8 heteroatoms. The van der Waals surface area contributed by atoms with Gasteiger partial charge in [0.1, 0.15) is 10.5 Å². The topological polar surface area (TPSA) is 84.7 Å². The highest BCUT2D eigenvalue weighted by molar-refractivity contribution is 7.17. The van der Waals surface area contributed by atoms with Crippen LogP contribution in [0.15, 0.2) is 28.7 Å². The number of rotatable bonds is 5. The normalized spacial score (nSPS) is 17.3. The van der Waals surface area contributed by atoms with Crippen molar-refractivity contribution in [3.63, 3.8) is 0 Å². The molecule has 0 atom stereocenters. The Morgan fingerprint density at radius 1 is 1.22 bits per heavy atom. The van der Waals surface area contributed by atoms with Gasteiger partial charge in [-0.1, -0.05) is 12.1 Å². The molecule has 5 rings (SSSR count). The number of para-hydroxylation sites is 2. The van der Waals surface area contributed by atoms with E-state index in [4.69, 9.17) is 9.15 Å². The fourth-order valence-electron chi connectivity index (χ4n) is 4.74. The Balaban J connectivity index is 1.20. The van der Waals surface area contributed by atoms with Crippen LogP contribution < -0.4 is 5.32 Å². The number of likely N-dealkylation sites (tertiary alicyclic amines) is 1. The maximum Gasteiger partial charge on any atom is 0.341 e. The molecule has 1 fully saturated rings. The number of carbonyl (C=O) groups is 2. The monoisotopic (exact) mass is 453 g/mol. The van der Waals surface area contributed by atoms with E-state index in [1.165, 1.54) is 23.3 Å². The SMILES string of the molecule is COC(=O)c1c(NC(=O)CN2CCC(c3nc4ccccc4o3)CC2)sc2c1CCCC2. The summed E-state index contributed by atoms with van der Waals surface area (Å²) in [6.07, 6.45) is 5.83. The van der Waals surface area contributed by atoms with Crippen molar-refractivity contribution in [3.05, 3.63) is 46.2 Å². The van der Waals surface area contributed by atoms with Crippen LogP contribution in [0.25, 0.3) is 11.1 Å². The molecule has 0 saturated carbocycles. The number of thiophene rings is 1. The zero-order valence-corrected chi connectivity index (χ0v) is 19.0. The van der Waals surface area contributed by atoms with Gasteiger partial charge in [-0.2, -0.15) is 0 Å². The number of esters is 1. The van der Waals surface area contributed by atoms with Crippen molar-refractivity contribution in [2.75, 3.05) is 32.1 Å². The molecule has 0 bridgehead atoms. The Morgan fingerprint density at radius 3 is 2.78 bits per heavy atom. The van der Waals surface area contributed by atoms with Crippen molar-refractivity contribution in [3.8, 4) is 0 Å². The zero-order chi connectivity index (χ0) is 22.1. The number of piperidine rings is 1. The van der Waals surface area contributed by atoms with Crippen molar-refractivity contribution >= 4 is 39.3 Å². The molecular weight excluding hydrogens is 426 g/mol. The first-order valence-corrected chi connectivity index (χ1v) is 12.0. The van der Waals surface area contributed by atoms with E-state index < -0.39 is 0 Å². The summed E-state index contributed by atoms with van der Waals surface area (Å²) in [6, 6.07) is 7.82. The van der Waals surface area contributed by atoms with E-state index in [0.717, 1.165) is 74.2 Å². The van der Waals surface area contributed by atoms with Crippen LogP contribution in [0.1, 0.15) is 58.3 Å². The summed E-state index contributed by atoms with van der Waals surface area (Å²) in [5.74, 6) is 0.617. The molecule has 1 aliphatic carbocycles. The lowest BCUT2D eigenvalue weighted by Crippen LogP contribution is -2.38. The number of fused-ring (bicyclic) bond motifs is 2. The van der Waals surface area contributed by atoms with E-state index >= 15 is 0 Å². The number of methoxy groups -OCH3 is 1. The molecule has 7 nitrogen and oxygen atoms in total. The summed E-state index contributed by atoms with van der Waals surface area (Å²) in [5.41, 5.74) is 3.33. The number of oxazole rings is 1. The van der Waals surface area contributed by atoms with Crippen LogP contribution in [0.4, 0.5) is 5.00 Å². The Kier molecular flexibility index (Phi) is 5.97. The largest absolute Gasteiger partial charge is 0.465 e. The summed E-state index contributed by atoms with van der Waals surface area (Å²) in [7, 11) is 1.39. The molecule has 1 N–H and O–H groups in total. The number of ether oxygens (including phenoxy) is 1. The van der Waals surface area contributed by atoms with E-state index in [1.807, 2.05) is 24.3 Å². The highest BCUT2D eigenvalue weighted by Gasteiger charge is 2.29. The van der Waals surface area contributed by atoms with Crippen molar-refractivity contribution in [1.82, 2.24) is 9.88 Å². The van der Waals surface area contributed by atoms with Gasteiger partial charge >= 0.3 is 5.97 Å².